The van der Waals surface area contributed by atoms with E-state index in [1.807, 2.05) is 37.3 Å². The average molecular weight is 150 g/mol. The number of benzene rings is 1. The van der Waals surface area contributed by atoms with E-state index in [1.54, 1.807) is 0 Å². The fraction of sp³-hybridized carbons (Fsp3) is 0.333. The van der Waals surface area contributed by atoms with Crippen molar-refractivity contribution >= 4 is 0 Å². The van der Waals surface area contributed by atoms with Crippen LogP contribution in [0.3, 0.4) is 0 Å². The van der Waals surface area contributed by atoms with E-state index in [4.69, 9.17) is 9.78 Å². The standard InChI is InChI=1S/C9H10O2/c1-7-9(11-10-7)8-5-3-2-4-6-8/h2-7,9H,1H3/t7-,9-/m1/s1. The van der Waals surface area contributed by atoms with Crippen LogP contribution >= 0.6 is 0 Å². The quantitative estimate of drug-likeness (QED) is 0.570. The van der Waals surface area contributed by atoms with Gasteiger partial charge in [0, 0.05) is 0 Å². The van der Waals surface area contributed by atoms with E-state index in [-0.39, 0.29) is 12.2 Å². The molecule has 2 rings (SSSR count). The van der Waals surface area contributed by atoms with Crippen LogP contribution in [-0.2, 0) is 9.78 Å². The van der Waals surface area contributed by atoms with Gasteiger partial charge in [-0.25, -0.2) is 9.78 Å². The summed E-state index contributed by atoms with van der Waals surface area (Å²) in [4.78, 5) is 9.73. The highest BCUT2D eigenvalue weighted by molar-refractivity contribution is 5.19. The normalized spacial score (nSPS) is 29.5. The summed E-state index contributed by atoms with van der Waals surface area (Å²) < 4.78 is 0. The van der Waals surface area contributed by atoms with Gasteiger partial charge in [-0.15, -0.1) is 0 Å². The molecular weight excluding hydrogens is 140 g/mol. The third-order valence-corrected chi connectivity index (χ3v) is 1.87. The molecule has 0 unspecified atom stereocenters. The van der Waals surface area contributed by atoms with Crippen molar-refractivity contribution in [1.29, 1.82) is 0 Å². The van der Waals surface area contributed by atoms with Gasteiger partial charge in [0.05, 0.1) is 0 Å². The molecule has 1 fully saturated rings. The van der Waals surface area contributed by atoms with Gasteiger partial charge in [0.25, 0.3) is 0 Å². The fourth-order valence-electron chi connectivity index (χ4n) is 1.19. The molecule has 0 N–H and O–H groups in total. The third kappa shape index (κ3) is 1.15. The van der Waals surface area contributed by atoms with Crippen molar-refractivity contribution < 1.29 is 9.78 Å². The molecule has 1 aromatic carbocycles. The second-order valence-corrected chi connectivity index (χ2v) is 2.73. The van der Waals surface area contributed by atoms with Gasteiger partial charge in [-0.2, -0.15) is 0 Å². The molecule has 0 saturated carbocycles. The maximum absolute atomic E-state index is 4.93. The minimum Gasteiger partial charge on any atom is -0.230 e. The van der Waals surface area contributed by atoms with Gasteiger partial charge >= 0.3 is 0 Å². The zero-order valence-corrected chi connectivity index (χ0v) is 6.36. The summed E-state index contributed by atoms with van der Waals surface area (Å²) in [6.07, 6.45) is 0.327. The predicted molar refractivity (Wildman–Crippen MR) is 40.8 cm³/mol. The zero-order chi connectivity index (χ0) is 7.68. The van der Waals surface area contributed by atoms with Gasteiger partial charge in [0.1, 0.15) is 12.2 Å². The second-order valence-electron chi connectivity index (χ2n) is 2.73. The highest BCUT2D eigenvalue weighted by Gasteiger charge is 2.31. The van der Waals surface area contributed by atoms with Crippen LogP contribution in [0.2, 0.25) is 0 Å². The monoisotopic (exact) mass is 150 g/mol. The number of rotatable bonds is 1. The Bertz CT molecular complexity index is 233. The molecule has 0 radical (unpaired) electrons. The van der Waals surface area contributed by atoms with Crippen LogP contribution < -0.4 is 0 Å². The minimum atomic E-state index is 0.135. The van der Waals surface area contributed by atoms with Gasteiger partial charge in [-0.3, -0.25) is 0 Å². The van der Waals surface area contributed by atoms with Crippen molar-refractivity contribution in [1.82, 2.24) is 0 Å². The second kappa shape index (κ2) is 2.64. The van der Waals surface area contributed by atoms with Crippen LogP contribution in [0.15, 0.2) is 30.3 Å². The van der Waals surface area contributed by atoms with Crippen LogP contribution in [0.1, 0.15) is 18.6 Å². The lowest BCUT2D eigenvalue weighted by Gasteiger charge is -2.32. The molecule has 1 heterocycles. The first-order valence-electron chi connectivity index (χ1n) is 3.75. The highest BCUT2D eigenvalue weighted by Crippen LogP contribution is 2.31. The van der Waals surface area contributed by atoms with Crippen LogP contribution in [0.5, 0.6) is 0 Å². The van der Waals surface area contributed by atoms with Crippen LogP contribution in [0, 0.1) is 0 Å². The summed E-state index contributed by atoms with van der Waals surface area (Å²) in [5.41, 5.74) is 1.19. The lowest BCUT2D eigenvalue weighted by Crippen LogP contribution is -2.32. The van der Waals surface area contributed by atoms with E-state index < -0.39 is 0 Å². The molecular formula is C9H10O2. The fourth-order valence-corrected chi connectivity index (χ4v) is 1.19. The molecule has 1 aliphatic heterocycles. The number of hydrogen-bond donors (Lipinski definition) is 0. The molecule has 0 spiro atoms. The Balaban J connectivity index is 2.17. The lowest BCUT2D eigenvalue weighted by atomic mass is 10.0. The molecule has 0 bridgehead atoms. The largest absolute Gasteiger partial charge is 0.230 e. The lowest BCUT2D eigenvalue weighted by molar-refractivity contribution is -0.465. The number of hydrogen-bond acceptors (Lipinski definition) is 2. The Morgan fingerprint density at radius 3 is 2.27 bits per heavy atom. The molecule has 58 valence electrons. The first-order valence-corrected chi connectivity index (χ1v) is 3.75. The molecule has 1 aliphatic rings. The maximum atomic E-state index is 4.93. The molecule has 11 heavy (non-hydrogen) atoms. The van der Waals surface area contributed by atoms with Crippen molar-refractivity contribution in [3.8, 4) is 0 Å². The van der Waals surface area contributed by atoms with Gasteiger partial charge < -0.3 is 0 Å². The van der Waals surface area contributed by atoms with Gasteiger partial charge in [0.15, 0.2) is 0 Å². The van der Waals surface area contributed by atoms with Crippen molar-refractivity contribution in [3.05, 3.63) is 35.9 Å². The summed E-state index contributed by atoms with van der Waals surface area (Å²) in [6.45, 7) is 2.00. The van der Waals surface area contributed by atoms with E-state index in [2.05, 4.69) is 0 Å². The van der Waals surface area contributed by atoms with E-state index in [1.165, 1.54) is 5.56 Å². The smallest absolute Gasteiger partial charge is 0.147 e. The zero-order valence-electron chi connectivity index (χ0n) is 6.36. The third-order valence-electron chi connectivity index (χ3n) is 1.87. The topological polar surface area (TPSA) is 18.5 Å². The van der Waals surface area contributed by atoms with E-state index in [9.17, 15) is 0 Å². The molecule has 2 atom stereocenters. The minimum absolute atomic E-state index is 0.135. The Labute approximate surface area is 65.7 Å². The SMILES string of the molecule is C[C@H]1OO[C@H]1c1ccccc1. The summed E-state index contributed by atoms with van der Waals surface area (Å²) in [5.74, 6) is 0. The van der Waals surface area contributed by atoms with Crippen molar-refractivity contribution in [2.45, 2.75) is 19.1 Å². The Morgan fingerprint density at radius 1 is 1.09 bits per heavy atom. The molecule has 1 aromatic rings. The summed E-state index contributed by atoms with van der Waals surface area (Å²) >= 11 is 0. The van der Waals surface area contributed by atoms with E-state index in [0.29, 0.717) is 0 Å². The maximum Gasteiger partial charge on any atom is 0.147 e. The van der Waals surface area contributed by atoms with E-state index >= 15 is 0 Å². The Kier molecular flexibility index (Phi) is 1.64. The molecule has 0 aliphatic carbocycles. The predicted octanol–water partition coefficient (Wildman–Crippen LogP) is 2.08. The van der Waals surface area contributed by atoms with Gasteiger partial charge in [0.2, 0.25) is 0 Å². The molecule has 0 amide bonds. The van der Waals surface area contributed by atoms with Crippen molar-refractivity contribution in [3.63, 3.8) is 0 Å². The molecule has 0 aromatic heterocycles. The highest BCUT2D eigenvalue weighted by atomic mass is 17.2. The molecule has 2 heteroatoms. The first-order chi connectivity index (χ1) is 5.38. The summed E-state index contributed by atoms with van der Waals surface area (Å²) in [6, 6.07) is 10.1. The summed E-state index contributed by atoms with van der Waals surface area (Å²) in [7, 11) is 0. The average Bonchev–Trinajstić information content (AvgIpc) is 2.04. The Morgan fingerprint density at radius 2 is 1.82 bits per heavy atom. The molecule has 1 saturated heterocycles. The molecule has 2 nitrogen and oxygen atoms in total. The van der Waals surface area contributed by atoms with Gasteiger partial charge in [-0.05, 0) is 12.5 Å². The Hall–Kier alpha value is -0.860. The van der Waals surface area contributed by atoms with Crippen molar-refractivity contribution in [2.75, 3.05) is 0 Å². The van der Waals surface area contributed by atoms with Crippen LogP contribution in [0.25, 0.3) is 0 Å². The first kappa shape index (κ1) is 6.83. The van der Waals surface area contributed by atoms with Crippen LogP contribution in [0.4, 0.5) is 0 Å². The van der Waals surface area contributed by atoms with E-state index in [0.717, 1.165) is 0 Å². The van der Waals surface area contributed by atoms with Gasteiger partial charge in [-0.1, -0.05) is 30.3 Å². The van der Waals surface area contributed by atoms with Crippen LogP contribution in [-0.4, -0.2) is 6.10 Å². The summed E-state index contributed by atoms with van der Waals surface area (Å²) in [5, 5.41) is 0. The van der Waals surface area contributed by atoms with Crippen molar-refractivity contribution in [2.24, 2.45) is 0 Å².